The molecule has 3 rings (SSSR count). The molecule has 0 spiro atoms. The van der Waals surface area contributed by atoms with Crippen LogP contribution in [0, 0.1) is 6.92 Å². The fourth-order valence-electron chi connectivity index (χ4n) is 3.21. The van der Waals surface area contributed by atoms with E-state index in [1.807, 2.05) is 30.3 Å². The topological polar surface area (TPSA) is 56.2 Å². The summed E-state index contributed by atoms with van der Waals surface area (Å²) in [5.41, 5.74) is 3.91. The molecule has 0 aliphatic carbocycles. The van der Waals surface area contributed by atoms with Crippen LogP contribution in [0.15, 0.2) is 60.7 Å². The average Bonchev–Trinajstić information content (AvgIpc) is 3.07. The Bertz CT molecular complexity index is 973. The van der Waals surface area contributed by atoms with Crippen molar-refractivity contribution in [1.82, 2.24) is 14.9 Å². The van der Waals surface area contributed by atoms with Gasteiger partial charge in [0.05, 0.1) is 17.6 Å². The number of rotatable bonds is 10. The van der Waals surface area contributed by atoms with Gasteiger partial charge in [0.15, 0.2) is 0 Å². The predicted octanol–water partition coefficient (Wildman–Crippen LogP) is 4.44. The second-order valence-corrected chi connectivity index (χ2v) is 7.32. The van der Waals surface area contributed by atoms with Gasteiger partial charge >= 0.3 is 0 Å². The maximum atomic E-state index is 11.6. The summed E-state index contributed by atoms with van der Waals surface area (Å²) >= 11 is 0. The van der Waals surface area contributed by atoms with Gasteiger partial charge in [-0.15, -0.1) is 0 Å². The normalized spacial score (nSPS) is 10.8. The van der Waals surface area contributed by atoms with E-state index in [1.165, 1.54) is 5.56 Å². The van der Waals surface area contributed by atoms with Crippen LogP contribution >= 0.6 is 0 Å². The number of hydrogen-bond acceptors (Lipinski definition) is 3. The van der Waals surface area contributed by atoms with Crippen LogP contribution in [-0.2, 0) is 17.8 Å². The van der Waals surface area contributed by atoms with Gasteiger partial charge in [-0.3, -0.25) is 4.79 Å². The molecule has 29 heavy (non-hydrogen) atoms. The number of nitrogens with one attached hydrogen (secondary N) is 1. The first kappa shape index (κ1) is 20.6. The maximum absolute atomic E-state index is 11.6. The summed E-state index contributed by atoms with van der Waals surface area (Å²) < 4.78 is 8.14. The van der Waals surface area contributed by atoms with E-state index in [1.54, 1.807) is 6.92 Å². The molecule has 0 saturated carbocycles. The molecule has 0 fully saturated rings. The smallest absolute Gasteiger partial charge is 0.246 e. The third-order valence-corrected chi connectivity index (χ3v) is 4.80. The largest absolute Gasteiger partial charge is 0.494 e. The van der Waals surface area contributed by atoms with Gasteiger partial charge in [0.2, 0.25) is 5.91 Å². The SMILES string of the molecule is C=C(C)C(=O)NCCCc1nc2ccccc2n1CCCOc1ccc(C)cc1. The molecule has 152 valence electrons. The quantitative estimate of drug-likeness (QED) is 0.411. The number of imidazole rings is 1. The molecule has 0 bridgehead atoms. The van der Waals surface area contributed by atoms with E-state index < -0.39 is 0 Å². The highest BCUT2D eigenvalue weighted by Crippen LogP contribution is 2.18. The van der Waals surface area contributed by atoms with Crippen molar-refractivity contribution in [2.75, 3.05) is 13.2 Å². The highest BCUT2D eigenvalue weighted by molar-refractivity contribution is 5.92. The number of carbonyl (C=O) groups excluding carboxylic acids is 1. The van der Waals surface area contributed by atoms with E-state index in [-0.39, 0.29) is 5.91 Å². The van der Waals surface area contributed by atoms with Crippen molar-refractivity contribution in [2.45, 2.75) is 39.7 Å². The van der Waals surface area contributed by atoms with Gasteiger partial charge < -0.3 is 14.6 Å². The molecule has 3 aromatic rings. The minimum atomic E-state index is -0.0910. The third-order valence-electron chi connectivity index (χ3n) is 4.80. The standard InChI is InChI=1S/C24H29N3O2/c1-18(2)24(28)25-15-6-10-23-26-21-8-4-5-9-22(21)27(23)16-7-17-29-20-13-11-19(3)12-14-20/h4-5,8-9,11-14H,1,6-7,10,15-17H2,2-3H3,(H,25,28). The van der Waals surface area contributed by atoms with Crippen molar-refractivity contribution in [1.29, 1.82) is 0 Å². The Morgan fingerprint density at radius 3 is 2.66 bits per heavy atom. The third kappa shape index (κ3) is 5.70. The lowest BCUT2D eigenvalue weighted by Gasteiger charge is -2.11. The van der Waals surface area contributed by atoms with Gasteiger partial charge in [0.1, 0.15) is 11.6 Å². The molecule has 0 aliphatic rings. The van der Waals surface area contributed by atoms with Crippen LogP contribution in [0.25, 0.3) is 11.0 Å². The number of para-hydroxylation sites is 2. The van der Waals surface area contributed by atoms with Crippen molar-refractivity contribution in [3.05, 3.63) is 72.1 Å². The highest BCUT2D eigenvalue weighted by atomic mass is 16.5. The van der Waals surface area contributed by atoms with E-state index in [4.69, 9.17) is 9.72 Å². The van der Waals surface area contributed by atoms with E-state index in [0.29, 0.717) is 18.7 Å². The van der Waals surface area contributed by atoms with Crippen molar-refractivity contribution >= 4 is 16.9 Å². The lowest BCUT2D eigenvalue weighted by atomic mass is 10.2. The molecule has 5 heteroatoms. The highest BCUT2D eigenvalue weighted by Gasteiger charge is 2.10. The second kappa shape index (κ2) is 9.92. The monoisotopic (exact) mass is 391 g/mol. The fourth-order valence-corrected chi connectivity index (χ4v) is 3.21. The number of nitrogens with zero attached hydrogens (tertiary/aromatic N) is 2. The summed E-state index contributed by atoms with van der Waals surface area (Å²) in [5.74, 6) is 1.86. The molecule has 0 radical (unpaired) electrons. The van der Waals surface area contributed by atoms with E-state index in [0.717, 1.165) is 48.4 Å². The second-order valence-electron chi connectivity index (χ2n) is 7.32. The predicted molar refractivity (Wildman–Crippen MR) is 117 cm³/mol. The van der Waals surface area contributed by atoms with Crippen molar-refractivity contribution in [3.63, 3.8) is 0 Å². The summed E-state index contributed by atoms with van der Waals surface area (Å²) in [5, 5.41) is 2.88. The molecule has 5 nitrogen and oxygen atoms in total. The lowest BCUT2D eigenvalue weighted by molar-refractivity contribution is -0.117. The molecule has 1 N–H and O–H groups in total. The van der Waals surface area contributed by atoms with Crippen LogP contribution in [0.2, 0.25) is 0 Å². The van der Waals surface area contributed by atoms with Gasteiger partial charge in [-0.25, -0.2) is 4.98 Å². The molecular weight excluding hydrogens is 362 g/mol. The molecule has 1 amide bonds. The van der Waals surface area contributed by atoms with Gasteiger partial charge in [0, 0.05) is 25.1 Å². The summed E-state index contributed by atoms with van der Waals surface area (Å²) in [6.45, 7) is 9.57. The lowest BCUT2D eigenvalue weighted by Crippen LogP contribution is -2.25. The summed E-state index contributed by atoms with van der Waals surface area (Å²) in [6, 6.07) is 16.3. The van der Waals surface area contributed by atoms with Crippen LogP contribution in [0.1, 0.15) is 31.2 Å². The van der Waals surface area contributed by atoms with Crippen LogP contribution in [0.4, 0.5) is 0 Å². The molecule has 0 saturated heterocycles. The Morgan fingerprint density at radius 1 is 1.14 bits per heavy atom. The first-order chi connectivity index (χ1) is 14.0. The summed E-state index contributed by atoms with van der Waals surface area (Å²) in [6.07, 6.45) is 2.54. The van der Waals surface area contributed by atoms with Gasteiger partial charge in [0.25, 0.3) is 0 Å². The van der Waals surface area contributed by atoms with Crippen molar-refractivity contribution < 1.29 is 9.53 Å². The Hall–Kier alpha value is -3.08. The van der Waals surface area contributed by atoms with Crippen LogP contribution in [0.3, 0.4) is 0 Å². The summed E-state index contributed by atoms with van der Waals surface area (Å²) in [4.78, 5) is 16.4. The molecule has 0 atom stereocenters. The van der Waals surface area contributed by atoms with E-state index >= 15 is 0 Å². The molecule has 1 aromatic heterocycles. The number of aromatic nitrogens is 2. The maximum Gasteiger partial charge on any atom is 0.246 e. The number of hydrogen-bond donors (Lipinski definition) is 1. The number of amides is 1. The number of aryl methyl sites for hydroxylation is 3. The molecule has 0 unspecified atom stereocenters. The fraction of sp³-hybridized carbons (Fsp3) is 0.333. The van der Waals surface area contributed by atoms with Gasteiger partial charge in [-0.2, -0.15) is 0 Å². The zero-order valence-corrected chi connectivity index (χ0v) is 17.3. The first-order valence-corrected chi connectivity index (χ1v) is 10.1. The Morgan fingerprint density at radius 2 is 1.90 bits per heavy atom. The molecule has 2 aromatic carbocycles. The number of ether oxygens (including phenoxy) is 1. The van der Waals surface area contributed by atoms with Crippen molar-refractivity contribution in [3.8, 4) is 5.75 Å². The summed E-state index contributed by atoms with van der Waals surface area (Å²) in [7, 11) is 0. The van der Waals surface area contributed by atoms with Crippen LogP contribution < -0.4 is 10.1 Å². The molecule has 1 heterocycles. The Labute approximate surface area is 172 Å². The van der Waals surface area contributed by atoms with E-state index in [9.17, 15) is 4.79 Å². The minimum Gasteiger partial charge on any atom is -0.494 e. The van der Waals surface area contributed by atoms with Crippen LogP contribution in [-0.4, -0.2) is 28.6 Å². The average molecular weight is 392 g/mol. The van der Waals surface area contributed by atoms with Gasteiger partial charge in [-0.05, 0) is 51.0 Å². The number of benzene rings is 2. The zero-order valence-electron chi connectivity index (χ0n) is 17.3. The zero-order chi connectivity index (χ0) is 20.6. The Balaban J connectivity index is 1.58. The number of fused-ring (bicyclic) bond motifs is 1. The Kier molecular flexibility index (Phi) is 7.06. The van der Waals surface area contributed by atoms with Crippen molar-refractivity contribution in [2.24, 2.45) is 0 Å². The van der Waals surface area contributed by atoms with Crippen LogP contribution in [0.5, 0.6) is 5.75 Å². The first-order valence-electron chi connectivity index (χ1n) is 10.1. The molecule has 0 aliphatic heterocycles. The molecular formula is C24H29N3O2. The number of carbonyl (C=O) groups is 1. The van der Waals surface area contributed by atoms with E-state index in [2.05, 4.69) is 41.6 Å². The van der Waals surface area contributed by atoms with Gasteiger partial charge in [-0.1, -0.05) is 36.4 Å². The minimum absolute atomic E-state index is 0.0910.